The molecule has 1 aliphatic carbocycles. The predicted octanol–water partition coefficient (Wildman–Crippen LogP) is 8.62. The van der Waals surface area contributed by atoms with Gasteiger partial charge in [0.2, 0.25) is 0 Å². The Hall–Kier alpha value is -2.98. The van der Waals surface area contributed by atoms with Crippen LogP contribution in [0.4, 0.5) is 79.0 Å². The standard InChI is InChI=1S/C26H14F18O4/c27-17(28,21(31,32)23(35,36)25(39,40)41)11-1-3-15-13(9-11)14-10-12(18(29,30)22(33,34)24(37,38)26(42,43)44)2-4-16(14)20-19(15,45-5-7-47-20)46-6-8-48-20/h1-4,9-10H,5-8H2. The van der Waals surface area contributed by atoms with Gasteiger partial charge in [-0.2, -0.15) is 79.0 Å². The van der Waals surface area contributed by atoms with Gasteiger partial charge in [0.05, 0.1) is 26.4 Å². The SMILES string of the molecule is FC(F)(F)C(F)(F)C(F)(F)C(F)(F)c1ccc2c(c1)-c1cc(C(F)(F)C(F)(F)C(F)(F)C(F)(F)F)ccc1C13OCCOC21OCCO3. The van der Waals surface area contributed by atoms with Gasteiger partial charge in [0.25, 0.3) is 11.6 Å². The molecule has 2 saturated heterocycles. The summed E-state index contributed by atoms with van der Waals surface area (Å²) in [7, 11) is 0. The summed E-state index contributed by atoms with van der Waals surface area (Å²) in [4.78, 5) is 0. The van der Waals surface area contributed by atoms with Gasteiger partial charge in [0, 0.05) is 22.3 Å². The van der Waals surface area contributed by atoms with E-state index < -0.39 is 119 Å². The number of alkyl halides is 18. The van der Waals surface area contributed by atoms with Crippen molar-refractivity contribution in [2.24, 2.45) is 0 Å². The molecule has 0 radical (unpaired) electrons. The fraction of sp³-hybridized carbons (Fsp3) is 0.538. The van der Waals surface area contributed by atoms with Crippen molar-refractivity contribution in [3.63, 3.8) is 0 Å². The molecular formula is C26H14F18O4. The third kappa shape index (κ3) is 4.36. The third-order valence-corrected chi connectivity index (χ3v) is 7.87. The van der Waals surface area contributed by atoms with E-state index >= 15 is 0 Å². The highest BCUT2D eigenvalue weighted by molar-refractivity contribution is 5.78. The molecule has 22 heteroatoms. The highest BCUT2D eigenvalue weighted by atomic mass is 19.4. The van der Waals surface area contributed by atoms with Gasteiger partial charge in [-0.1, -0.05) is 24.3 Å². The fourth-order valence-electron chi connectivity index (χ4n) is 5.48. The van der Waals surface area contributed by atoms with Gasteiger partial charge in [-0.05, 0) is 23.3 Å². The average molecular weight is 732 g/mol. The van der Waals surface area contributed by atoms with Crippen molar-refractivity contribution in [1.82, 2.24) is 0 Å². The summed E-state index contributed by atoms with van der Waals surface area (Å²) in [6.45, 7) is -1.82. The number of fused-ring (bicyclic) bond motifs is 3. The van der Waals surface area contributed by atoms with Crippen LogP contribution in [0.1, 0.15) is 22.3 Å². The Balaban J connectivity index is 1.79. The van der Waals surface area contributed by atoms with Crippen LogP contribution in [0.15, 0.2) is 36.4 Å². The molecule has 48 heavy (non-hydrogen) atoms. The molecule has 2 aliphatic heterocycles. The number of ether oxygens (including phenoxy) is 4. The smallest absolute Gasteiger partial charge is 0.339 e. The molecule has 2 aromatic rings. The molecule has 4 nitrogen and oxygen atoms in total. The molecule has 2 heterocycles. The van der Waals surface area contributed by atoms with E-state index in [-0.39, 0.29) is 24.3 Å². The molecule has 2 fully saturated rings. The van der Waals surface area contributed by atoms with E-state index in [4.69, 9.17) is 18.9 Å². The van der Waals surface area contributed by atoms with E-state index in [1.165, 1.54) is 0 Å². The van der Waals surface area contributed by atoms with Gasteiger partial charge >= 0.3 is 47.9 Å². The van der Waals surface area contributed by atoms with E-state index in [1.54, 1.807) is 0 Å². The Bertz CT molecular complexity index is 1470. The molecule has 0 bridgehead atoms. The topological polar surface area (TPSA) is 36.9 Å². The first-order valence-electron chi connectivity index (χ1n) is 12.8. The molecule has 3 aliphatic rings. The van der Waals surface area contributed by atoms with Gasteiger partial charge in [-0.3, -0.25) is 0 Å². The number of hydrogen-bond acceptors (Lipinski definition) is 4. The first kappa shape index (κ1) is 36.3. The highest BCUT2D eigenvalue weighted by Gasteiger charge is 2.83. The van der Waals surface area contributed by atoms with Crippen molar-refractivity contribution in [2.75, 3.05) is 26.4 Å². The van der Waals surface area contributed by atoms with Crippen LogP contribution in [0.3, 0.4) is 0 Å². The maximum Gasteiger partial charge on any atom is 0.460 e. The van der Waals surface area contributed by atoms with Crippen LogP contribution < -0.4 is 0 Å². The first-order valence-corrected chi connectivity index (χ1v) is 12.8. The van der Waals surface area contributed by atoms with Crippen molar-refractivity contribution in [3.05, 3.63) is 58.7 Å². The normalized spacial score (nSPS) is 24.4. The van der Waals surface area contributed by atoms with E-state index in [2.05, 4.69) is 0 Å². The second-order valence-corrected chi connectivity index (χ2v) is 10.6. The van der Waals surface area contributed by atoms with E-state index in [0.29, 0.717) is 12.1 Å². The number of rotatable bonds is 6. The molecular weight excluding hydrogens is 718 g/mol. The maximum absolute atomic E-state index is 15.0. The van der Waals surface area contributed by atoms with Crippen LogP contribution in [0.25, 0.3) is 11.1 Å². The summed E-state index contributed by atoms with van der Waals surface area (Å²) in [5, 5.41) is 0. The zero-order valence-electron chi connectivity index (χ0n) is 22.7. The van der Waals surface area contributed by atoms with Gasteiger partial charge < -0.3 is 18.9 Å². The molecule has 0 atom stereocenters. The van der Waals surface area contributed by atoms with Crippen molar-refractivity contribution >= 4 is 0 Å². The molecule has 0 N–H and O–H groups in total. The highest BCUT2D eigenvalue weighted by Crippen LogP contribution is 2.63. The molecule has 5 rings (SSSR count). The third-order valence-electron chi connectivity index (χ3n) is 7.87. The lowest BCUT2D eigenvalue weighted by atomic mass is 9.74. The second-order valence-electron chi connectivity index (χ2n) is 10.6. The van der Waals surface area contributed by atoms with Crippen LogP contribution in [0.2, 0.25) is 0 Å². The summed E-state index contributed by atoms with van der Waals surface area (Å²) in [5.41, 5.74) is -8.58. The summed E-state index contributed by atoms with van der Waals surface area (Å²) < 4.78 is 271. The zero-order chi connectivity index (χ0) is 36.4. The van der Waals surface area contributed by atoms with Crippen molar-refractivity contribution in [2.45, 2.75) is 59.5 Å². The lowest BCUT2D eigenvalue weighted by molar-refractivity contribution is -0.483. The van der Waals surface area contributed by atoms with E-state index in [9.17, 15) is 79.0 Å². The quantitative estimate of drug-likeness (QED) is 0.279. The zero-order valence-corrected chi connectivity index (χ0v) is 22.7. The van der Waals surface area contributed by atoms with Crippen LogP contribution >= 0.6 is 0 Å². The Morgan fingerprint density at radius 2 is 0.667 bits per heavy atom. The molecule has 0 aromatic heterocycles. The fourth-order valence-corrected chi connectivity index (χ4v) is 5.48. The van der Waals surface area contributed by atoms with Gasteiger partial charge in [-0.25, -0.2) is 0 Å². The molecule has 0 unspecified atom stereocenters. The summed E-state index contributed by atoms with van der Waals surface area (Å²) in [5.74, 6) is -47.3. The van der Waals surface area contributed by atoms with E-state index in [1.807, 2.05) is 0 Å². The van der Waals surface area contributed by atoms with Crippen molar-refractivity contribution in [3.8, 4) is 11.1 Å². The van der Waals surface area contributed by atoms with Crippen LogP contribution in [-0.4, -0.2) is 62.5 Å². The number of benzene rings is 2. The largest absolute Gasteiger partial charge is 0.460 e. The molecule has 0 amide bonds. The molecule has 0 saturated carbocycles. The Kier molecular flexibility index (Phi) is 7.78. The van der Waals surface area contributed by atoms with Crippen molar-refractivity contribution < 1.29 is 98.0 Å². The van der Waals surface area contributed by atoms with E-state index in [0.717, 1.165) is 0 Å². The number of hydrogen-bond donors (Lipinski definition) is 0. The van der Waals surface area contributed by atoms with Crippen LogP contribution in [0, 0.1) is 0 Å². The maximum atomic E-state index is 15.0. The van der Waals surface area contributed by atoms with Crippen molar-refractivity contribution in [1.29, 1.82) is 0 Å². The average Bonchev–Trinajstić information content (AvgIpc) is 2.98. The minimum Gasteiger partial charge on any atom is -0.339 e. The summed E-state index contributed by atoms with van der Waals surface area (Å²) in [6.07, 6.45) is -14.5. The lowest BCUT2D eigenvalue weighted by Crippen LogP contribution is -2.64. The Morgan fingerprint density at radius 1 is 0.396 bits per heavy atom. The van der Waals surface area contributed by atoms with Crippen LogP contribution in [0.5, 0.6) is 0 Å². The molecule has 2 aromatic carbocycles. The van der Waals surface area contributed by atoms with Gasteiger partial charge in [0.1, 0.15) is 0 Å². The minimum absolute atomic E-state index is 0.115. The summed E-state index contributed by atoms with van der Waals surface area (Å²) in [6, 6.07) is -0.134. The Morgan fingerprint density at radius 3 is 0.917 bits per heavy atom. The Labute approximate surface area is 254 Å². The van der Waals surface area contributed by atoms with Gasteiger partial charge in [0.15, 0.2) is 0 Å². The second kappa shape index (κ2) is 10.3. The summed E-state index contributed by atoms with van der Waals surface area (Å²) >= 11 is 0. The van der Waals surface area contributed by atoms with Crippen LogP contribution in [-0.2, 0) is 42.4 Å². The lowest BCUT2D eigenvalue weighted by Gasteiger charge is -2.56. The minimum atomic E-state index is -7.39. The number of halogens is 18. The van der Waals surface area contributed by atoms with Gasteiger partial charge in [-0.15, -0.1) is 0 Å². The predicted molar refractivity (Wildman–Crippen MR) is 119 cm³/mol. The monoisotopic (exact) mass is 732 g/mol. The molecule has 0 spiro atoms. The first-order chi connectivity index (χ1) is 21.6. The molecule has 268 valence electrons.